The van der Waals surface area contributed by atoms with Crippen LogP contribution in [0.15, 0.2) is 30.3 Å². The van der Waals surface area contributed by atoms with Crippen LogP contribution in [0.2, 0.25) is 0 Å². The molecule has 1 amide bonds. The number of amides is 1. The first-order valence-electron chi connectivity index (χ1n) is 7.64. The van der Waals surface area contributed by atoms with E-state index < -0.39 is 6.09 Å². The number of nitrogens with one attached hydrogen (secondary N) is 1. The highest BCUT2D eigenvalue weighted by Gasteiger charge is 2.41. The topological polar surface area (TPSA) is 41.6 Å². The van der Waals surface area contributed by atoms with Gasteiger partial charge < -0.3 is 10.1 Å². The van der Waals surface area contributed by atoms with E-state index in [0.717, 1.165) is 18.4 Å². The van der Waals surface area contributed by atoms with Crippen molar-refractivity contribution in [2.45, 2.75) is 64.3 Å². The molecule has 1 aliphatic heterocycles. The molecule has 5 heteroatoms. The van der Waals surface area contributed by atoms with E-state index in [-0.39, 0.29) is 23.7 Å². The van der Waals surface area contributed by atoms with E-state index >= 15 is 0 Å². The molecule has 22 heavy (non-hydrogen) atoms. The standard InChI is InChI=1S/C17H25ClN2O2/c1-16(2)10-14(11-17(3,4)19-16)20(18)15(21)22-12-13-8-6-5-7-9-13/h5-9,14,19H,10-12H2,1-4H3. The fraction of sp³-hybridized carbons (Fsp3) is 0.588. The van der Waals surface area contributed by atoms with Crippen molar-refractivity contribution in [2.75, 3.05) is 0 Å². The summed E-state index contributed by atoms with van der Waals surface area (Å²) in [6.07, 6.45) is 1.10. The summed E-state index contributed by atoms with van der Waals surface area (Å²) in [5, 5.41) is 3.58. The zero-order valence-electron chi connectivity index (χ0n) is 13.7. The summed E-state index contributed by atoms with van der Waals surface area (Å²) in [6.45, 7) is 8.74. The van der Waals surface area contributed by atoms with Gasteiger partial charge in [-0.2, -0.15) is 0 Å². The number of piperidine rings is 1. The molecule has 0 atom stereocenters. The molecule has 0 bridgehead atoms. The molecule has 0 unspecified atom stereocenters. The number of nitrogens with zero attached hydrogens (tertiary/aromatic N) is 1. The van der Waals surface area contributed by atoms with Crippen LogP contribution in [-0.2, 0) is 11.3 Å². The molecular weight excluding hydrogens is 300 g/mol. The average Bonchev–Trinajstić information content (AvgIpc) is 2.41. The molecule has 0 saturated carbocycles. The lowest BCUT2D eigenvalue weighted by molar-refractivity contribution is 0.0767. The third-order valence-electron chi connectivity index (χ3n) is 3.87. The van der Waals surface area contributed by atoms with Crippen molar-refractivity contribution in [3.63, 3.8) is 0 Å². The van der Waals surface area contributed by atoms with Crippen LogP contribution in [0.5, 0.6) is 0 Å². The monoisotopic (exact) mass is 324 g/mol. The highest BCUT2D eigenvalue weighted by molar-refractivity contribution is 6.20. The van der Waals surface area contributed by atoms with Crippen LogP contribution < -0.4 is 5.32 Å². The van der Waals surface area contributed by atoms with Crippen molar-refractivity contribution in [2.24, 2.45) is 0 Å². The van der Waals surface area contributed by atoms with Crippen LogP contribution >= 0.6 is 11.8 Å². The van der Waals surface area contributed by atoms with E-state index in [1.807, 2.05) is 30.3 Å². The number of hydrogen-bond acceptors (Lipinski definition) is 3. The summed E-state index contributed by atoms with van der Waals surface area (Å²) in [7, 11) is 0. The summed E-state index contributed by atoms with van der Waals surface area (Å²) >= 11 is 6.26. The van der Waals surface area contributed by atoms with E-state index in [1.165, 1.54) is 4.42 Å². The molecule has 1 fully saturated rings. The Morgan fingerprint density at radius 2 is 1.77 bits per heavy atom. The lowest BCUT2D eigenvalue weighted by Crippen LogP contribution is -2.61. The van der Waals surface area contributed by atoms with Crippen molar-refractivity contribution in [3.05, 3.63) is 35.9 Å². The summed E-state index contributed by atoms with van der Waals surface area (Å²) < 4.78 is 6.54. The van der Waals surface area contributed by atoms with Gasteiger partial charge in [0.25, 0.3) is 0 Å². The molecule has 0 aromatic heterocycles. The number of carbonyl (C=O) groups excluding carboxylic acids is 1. The lowest BCUT2D eigenvalue weighted by atomic mass is 9.80. The Labute approximate surface area is 137 Å². The number of rotatable bonds is 3. The van der Waals surface area contributed by atoms with Gasteiger partial charge in [-0.15, -0.1) is 0 Å². The molecule has 1 aromatic carbocycles. The van der Waals surface area contributed by atoms with Gasteiger partial charge in [-0.3, -0.25) is 0 Å². The molecule has 122 valence electrons. The summed E-state index contributed by atoms with van der Waals surface area (Å²) in [5.74, 6) is 0. The van der Waals surface area contributed by atoms with E-state index in [9.17, 15) is 4.79 Å². The fourth-order valence-electron chi connectivity index (χ4n) is 3.36. The number of benzene rings is 1. The van der Waals surface area contributed by atoms with Gasteiger partial charge in [0.1, 0.15) is 6.61 Å². The van der Waals surface area contributed by atoms with Gasteiger partial charge in [0, 0.05) is 22.9 Å². The van der Waals surface area contributed by atoms with Crippen LogP contribution in [0.4, 0.5) is 4.79 Å². The molecule has 1 aliphatic rings. The average molecular weight is 325 g/mol. The first-order valence-corrected chi connectivity index (χ1v) is 7.97. The first-order chi connectivity index (χ1) is 10.2. The maximum atomic E-state index is 12.2. The van der Waals surface area contributed by atoms with Crippen molar-refractivity contribution in [1.29, 1.82) is 0 Å². The minimum atomic E-state index is -0.482. The van der Waals surface area contributed by atoms with E-state index in [1.54, 1.807) is 0 Å². The molecule has 1 N–H and O–H groups in total. The minimum Gasteiger partial charge on any atom is -0.444 e. The van der Waals surface area contributed by atoms with Crippen LogP contribution in [0, 0.1) is 0 Å². The van der Waals surface area contributed by atoms with Gasteiger partial charge in [-0.05, 0) is 46.1 Å². The Hall–Kier alpha value is -1.26. The Balaban J connectivity index is 1.95. The maximum absolute atomic E-state index is 12.2. The van der Waals surface area contributed by atoms with Crippen LogP contribution in [0.25, 0.3) is 0 Å². The Morgan fingerprint density at radius 1 is 1.23 bits per heavy atom. The zero-order chi connectivity index (χ0) is 16.4. The SMILES string of the molecule is CC1(C)CC(N(Cl)C(=O)OCc2ccccc2)CC(C)(C)N1. The van der Waals surface area contributed by atoms with Gasteiger partial charge in [-0.1, -0.05) is 30.3 Å². The quantitative estimate of drug-likeness (QED) is 0.851. The van der Waals surface area contributed by atoms with Crippen molar-refractivity contribution in [3.8, 4) is 0 Å². The second-order valence-corrected chi connectivity index (χ2v) is 7.67. The normalized spacial score (nSPS) is 20.4. The number of ether oxygens (including phenoxy) is 1. The summed E-state index contributed by atoms with van der Waals surface area (Å²) in [4.78, 5) is 12.2. The van der Waals surface area contributed by atoms with Crippen molar-refractivity contribution >= 4 is 17.9 Å². The number of hydrogen-bond donors (Lipinski definition) is 1. The molecule has 0 radical (unpaired) electrons. The maximum Gasteiger partial charge on any atom is 0.425 e. The first kappa shape index (κ1) is 17.1. The zero-order valence-corrected chi connectivity index (χ0v) is 14.5. The van der Waals surface area contributed by atoms with Gasteiger partial charge in [0.15, 0.2) is 0 Å². The van der Waals surface area contributed by atoms with Gasteiger partial charge in [-0.25, -0.2) is 9.21 Å². The smallest absolute Gasteiger partial charge is 0.425 e. The molecule has 4 nitrogen and oxygen atoms in total. The Bertz CT molecular complexity index is 501. The summed E-state index contributed by atoms with van der Waals surface area (Å²) in [5.41, 5.74) is 0.810. The Kier molecular flexibility index (Phi) is 5.03. The molecule has 1 saturated heterocycles. The van der Waals surface area contributed by atoms with Gasteiger partial charge in [0.05, 0.1) is 6.04 Å². The second kappa shape index (κ2) is 6.47. The summed E-state index contributed by atoms with van der Waals surface area (Å²) in [6, 6.07) is 9.55. The van der Waals surface area contributed by atoms with E-state index in [0.29, 0.717) is 0 Å². The van der Waals surface area contributed by atoms with E-state index in [4.69, 9.17) is 16.5 Å². The third-order valence-corrected chi connectivity index (χ3v) is 4.28. The Morgan fingerprint density at radius 3 is 2.32 bits per heavy atom. The van der Waals surface area contributed by atoms with Gasteiger partial charge in [0.2, 0.25) is 0 Å². The molecule has 1 aromatic rings. The fourth-order valence-corrected chi connectivity index (χ4v) is 3.55. The highest BCUT2D eigenvalue weighted by Crippen LogP contribution is 2.32. The number of halogens is 1. The largest absolute Gasteiger partial charge is 0.444 e. The molecule has 0 aliphatic carbocycles. The van der Waals surface area contributed by atoms with E-state index in [2.05, 4.69) is 33.0 Å². The highest BCUT2D eigenvalue weighted by atomic mass is 35.5. The lowest BCUT2D eigenvalue weighted by Gasteiger charge is -2.47. The molecular formula is C17H25ClN2O2. The predicted molar refractivity (Wildman–Crippen MR) is 88.6 cm³/mol. The van der Waals surface area contributed by atoms with Crippen molar-refractivity contribution in [1.82, 2.24) is 9.74 Å². The molecule has 2 rings (SSSR count). The molecule has 0 spiro atoms. The minimum absolute atomic E-state index is 0.0452. The third kappa shape index (κ3) is 4.62. The van der Waals surface area contributed by atoms with Crippen LogP contribution in [0.1, 0.15) is 46.1 Å². The van der Waals surface area contributed by atoms with Crippen molar-refractivity contribution < 1.29 is 9.53 Å². The molecule has 1 heterocycles. The second-order valence-electron chi connectivity index (χ2n) is 7.31. The number of carbonyl (C=O) groups is 1. The van der Waals surface area contributed by atoms with Crippen LogP contribution in [-0.4, -0.2) is 27.6 Å². The van der Waals surface area contributed by atoms with Crippen LogP contribution in [0.3, 0.4) is 0 Å². The van der Waals surface area contributed by atoms with Gasteiger partial charge >= 0.3 is 6.09 Å². The predicted octanol–water partition coefficient (Wildman–Crippen LogP) is 4.09.